The highest BCUT2D eigenvalue weighted by Crippen LogP contribution is 2.51. The van der Waals surface area contributed by atoms with Crippen LogP contribution in [-0.4, -0.2) is 41.0 Å². The molecule has 7 nitrogen and oxygen atoms in total. The van der Waals surface area contributed by atoms with E-state index in [1.165, 1.54) is 54.5 Å². The molecule has 392 valence electrons. The van der Waals surface area contributed by atoms with Gasteiger partial charge < -0.3 is 18.6 Å². The lowest BCUT2D eigenvalue weighted by Gasteiger charge is -2.29. The van der Waals surface area contributed by atoms with E-state index in [-0.39, 0.29) is 28.6 Å². The molecule has 0 fully saturated rings. The van der Waals surface area contributed by atoms with E-state index >= 15 is 9.59 Å². The molecule has 0 spiro atoms. The van der Waals surface area contributed by atoms with E-state index in [0.29, 0.717) is 58.8 Å². The summed E-state index contributed by atoms with van der Waals surface area (Å²) in [6.45, 7) is 25.4. The van der Waals surface area contributed by atoms with E-state index < -0.39 is 0 Å². The van der Waals surface area contributed by atoms with Gasteiger partial charge in [-0.05, 0) is 103 Å². The zero-order chi connectivity index (χ0) is 51.7. The standard InChI is InChI=1S/C63H88N2O5S2/c1-12-17-22-25-30-42(28-20-15-4)39-64-56(54-55(61(64)68)57(50-35-36-52(70-50)62(6,7)8)65(60(54)67)40-43(29-21-16-5)31-26-23-18-13-2)49-34-33-48(69-49)51-37-45-44(32-27-24-19-14-3)47(41-66)46-38-53(63(9,10)11)72-59(46)58(45)71-51/h33-38,41-43H,12-32,39-40H2,1-11H3. The summed E-state index contributed by atoms with van der Waals surface area (Å²) in [5.74, 6) is 2.95. The minimum atomic E-state index is -0.258. The largest absolute Gasteiger partial charge is 0.459 e. The number of amides is 2. The molecule has 5 aromatic rings. The second-order valence-corrected chi connectivity index (χ2v) is 25.5. The number of aldehydes is 1. The van der Waals surface area contributed by atoms with Gasteiger partial charge in [0.25, 0.3) is 11.8 Å². The number of unbranched alkanes of at least 4 members (excludes halogenated alkanes) is 11. The first-order valence-electron chi connectivity index (χ1n) is 28.4. The van der Waals surface area contributed by atoms with E-state index in [4.69, 9.17) is 8.83 Å². The number of rotatable bonds is 29. The number of thiophene rings is 2. The fourth-order valence-corrected chi connectivity index (χ4v) is 13.6. The maximum Gasteiger partial charge on any atom is 0.261 e. The average Bonchev–Trinajstić information content (AvgIpc) is 4.22. The summed E-state index contributed by atoms with van der Waals surface area (Å²) in [6.07, 6.45) is 24.3. The van der Waals surface area contributed by atoms with Gasteiger partial charge in [-0.25, -0.2) is 0 Å². The number of hydrogen-bond acceptors (Lipinski definition) is 7. The monoisotopic (exact) mass is 1020 g/mol. The summed E-state index contributed by atoms with van der Waals surface area (Å²) in [4.78, 5) is 50.6. The first-order valence-corrected chi connectivity index (χ1v) is 30.0. The Labute approximate surface area is 441 Å². The smallest absolute Gasteiger partial charge is 0.261 e. The van der Waals surface area contributed by atoms with Gasteiger partial charge >= 0.3 is 0 Å². The second-order valence-electron chi connectivity index (χ2n) is 23.3. The van der Waals surface area contributed by atoms with Crippen molar-refractivity contribution < 1.29 is 23.2 Å². The Bertz CT molecular complexity index is 2700. The molecule has 0 saturated heterocycles. The van der Waals surface area contributed by atoms with Crippen molar-refractivity contribution in [3.05, 3.63) is 80.8 Å². The average molecular weight is 1020 g/mol. The van der Waals surface area contributed by atoms with Gasteiger partial charge in [-0.1, -0.05) is 172 Å². The summed E-state index contributed by atoms with van der Waals surface area (Å²) < 4.78 is 16.2. The highest BCUT2D eigenvalue weighted by atomic mass is 32.1. The van der Waals surface area contributed by atoms with Crippen LogP contribution in [0.1, 0.15) is 243 Å². The summed E-state index contributed by atoms with van der Waals surface area (Å²) in [5, 5.41) is 2.18. The van der Waals surface area contributed by atoms with Gasteiger partial charge in [-0.2, -0.15) is 0 Å². The molecule has 2 aliphatic heterocycles. The van der Waals surface area contributed by atoms with E-state index in [1.807, 2.05) is 34.1 Å². The molecule has 0 N–H and O–H groups in total. The molecule has 2 aliphatic rings. The van der Waals surface area contributed by atoms with Gasteiger partial charge in [0.15, 0.2) is 17.8 Å². The van der Waals surface area contributed by atoms with Crippen LogP contribution in [-0.2, 0) is 26.8 Å². The van der Waals surface area contributed by atoms with Crippen molar-refractivity contribution in [1.29, 1.82) is 0 Å². The zero-order valence-electron chi connectivity index (χ0n) is 46.2. The van der Waals surface area contributed by atoms with Crippen LogP contribution in [0.4, 0.5) is 0 Å². The molecule has 6 heterocycles. The van der Waals surface area contributed by atoms with Crippen molar-refractivity contribution in [2.75, 3.05) is 13.1 Å². The number of fused-ring (bicyclic) bond motifs is 4. The molecule has 72 heavy (non-hydrogen) atoms. The van der Waals surface area contributed by atoms with E-state index in [9.17, 15) is 4.79 Å². The zero-order valence-corrected chi connectivity index (χ0v) is 47.8. The van der Waals surface area contributed by atoms with Crippen LogP contribution in [0.2, 0.25) is 0 Å². The number of hydrogen-bond donors (Lipinski definition) is 0. The van der Waals surface area contributed by atoms with Gasteiger partial charge in [0.1, 0.15) is 22.9 Å². The molecule has 9 heteroatoms. The molecule has 4 aromatic heterocycles. The van der Waals surface area contributed by atoms with E-state index in [1.54, 1.807) is 22.7 Å². The summed E-state index contributed by atoms with van der Waals surface area (Å²) in [7, 11) is 0. The number of furan rings is 2. The topological polar surface area (TPSA) is 84.0 Å². The fourth-order valence-electron chi connectivity index (χ4n) is 11.1. The van der Waals surface area contributed by atoms with E-state index in [0.717, 1.165) is 133 Å². The van der Waals surface area contributed by atoms with Crippen LogP contribution < -0.4 is 0 Å². The minimum Gasteiger partial charge on any atom is -0.459 e. The Kier molecular flexibility index (Phi) is 19.2. The number of carbonyl (C=O) groups is 3. The fraction of sp³-hybridized carbons (Fsp3) is 0.603. The van der Waals surface area contributed by atoms with Crippen LogP contribution in [0.5, 0.6) is 0 Å². The number of aryl methyl sites for hydroxylation is 1. The Morgan fingerprint density at radius 3 is 1.53 bits per heavy atom. The Balaban J connectivity index is 1.40. The normalized spacial score (nSPS) is 15.4. The summed E-state index contributed by atoms with van der Waals surface area (Å²) in [5.41, 5.74) is 3.72. The molecule has 2 amide bonds. The van der Waals surface area contributed by atoms with Crippen LogP contribution in [0.3, 0.4) is 0 Å². The third kappa shape index (κ3) is 12.3. The molecular formula is C63H88N2O5S2. The summed E-state index contributed by atoms with van der Waals surface area (Å²) >= 11 is 3.52. The third-order valence-corrected chi connectivity index (χ3v) is 18.2. The maximum absolute atomic E-state index is 15.7. The highest BCUT2D eigenvalue weighted by molar-refractivity contribution is 7.29. The number of nitrogens with zero attached hydrogens (tertiary/aromatic N) is 2. The van der Waals surface area contributed by atoms with Crippen molar-refractivity contribution in [2.24, 2.45) is 11.8 Å². The maximum atomic E-state index is 15.7. The van der Waals surface area contributed by atoms with Crippen molar-refractivity contribution in [1.82, 2.24) is 9.80 Å². The van der Waals surface area contributed by atoms with Crippen molar-refractivity contribution in [3.63, 3.8) is 0 Å². The molecule has 0 radical (unpaired) electrons. The van der Waals surface area contributed by atoms with E-state index in [2.05, 4.69) is 88.3 Å². The van der Waals surface area contributed by atoms with Gasteiger partial charge in [-0.3, -0.25) is 14.4 Å². The quantitative estimate of drug-likeness (QED) is 0.0352. The lowest BCUT2D eigenvalue weighted by atomic mass is 9.92. The number of benzene rings is 1. The first-order chi connectivity index (χ1) is 34.6. The van der Waals surface area contributed by atoms with Gasteiger partial charge in [0.05, 0.1) is 25.4 Å². The lowest BCUT2D eigenvalue weighted by molar-refractivity contribution is -0.124. The van der Waals surface area contributed by atoms with Gasteiger partial charge in [-0.15, -0.1) is 22.7 Å². The van der Waals surface area contributed by atoms with Crippen LogP contribution in [0.25, 0.3) is 42.2 Å². The van der Waals surface area contributed by atoms with Crippen LogP contribution in [0, 0.1) is 11.8 Å². The molecule has 0 bridgehead atoms. The van der Waals surface area contributed by atoms with Gasteiger partial charge in [0, 0.05) is 34.3 Å². The molecule has 0 aliphatic carbocycles. The Morgan fingerprint density at radius 1 is 0.542 bits per heavy atom. The predicted molar refractivity (Wildman–Crippen MR) is 305 cm³/mol. The van der Waals surface area contributed by atoms with Crippen LogP contribution in [0.15, 0.2) is 56.4 Å². The Hall–Kier alpha value is -4.21. The summed E-state index contributed by atoms with van der Waals surface area (Å²) in [6, 6.07) is 12.5. The van der Waals surface area contributed by atoms with Gasteiger partial charge in [0.2, 0.25) is 0 Å². The first kappa shape index (κ1) is 55.5. The number of carbonyl (C=O) groups excluding carboxylic acids is 3. The molecule has 0 saturated carbocycles. The van der Waals surface area contributed by atoms with Crippen LogP contribution >= 0.6 is 22.7 Å². The second kappa shape index (κ2) is 24.9. The Morgan fingerprint density at radius 2 is 1.03 bits per heavy atom. The molecule has 2 atom stereocenters. The molecule has 2 unspecified atom stereocenters. The van der Waals surface area contributed by atoms with Crippen molar-refractivity contribution in [2.45, 2.75) is 222 Å². The highest BCUT2D eigenvalue weighted by Gasteiger charge is 2.51. The minimum absolute atomic E-state index is 0.0602. The van der Waals surface area contributed by atoms with Crippen molar-refractivity contribution in [3.8, 4) is 10.6 Å². The van der Waals surface area contributed by atoms with Crippen molar-refractivity contribution >= 4 is 72.3 Å². The molecule has 7 rings (SSSR count). The lowest BCUT2D eigenvalue weighted by Crippen LogP contribution is -2.34. The molecule has 1 aromatic carbocycles. The molecular weight excluding hydrogens is 929 g/mol. The third-order valence-electron chi connectivity index (χ3n) is 15.3. The SMILES string of the molecule is CCCCCCc1c(C=O)c2cc(C(C)(C)C)sc2c2sc(-c3ccc(C4=C5C(=O)N(CC(CCCC)CCCCCC)C(c6ccc(C(C)(C)C)o6)=C5C(=O)N4CC(CCCC)CCCCCC)o3)cc12. The predicted octanol–water partition coefficient (Wildman–Crippen LogP) is 18.9.